The quantitative estimate of drug-likeness (QED) is 0.744. The molecule has 2 aromatic heterocycles. The molecule has 4 rings (SSSR count). The highest BCUT2D eigenvalue weighted by atomic mass is 16.2. The number of benzene rings is 1. The maximum Gasteiger partial charge on any atom is 0.271 e. The summed E-state index contributed by atoms with van der Waals surface area (Å²) in [6, 6.07) is 12.9. The van der Waals surface area contributed by atoms with Crippen molar-refractivity contribution >= 4 is 11.8 Å². The number of aryl methyl sites for hydroxylation is 1. The first-order chi connectivity index (χ1) is 14.0. The number of amides is 2. The molecular weight excluding hydrogens is 366 g/mol. The molecule has 0 aliphatic carbocycles. The van der Waals surface area contributed by atoms with Gasteiger partial charge in [0.1, 0.15) is 11.5 Å². The fourth-order valence-corrected chi connectivity index (χ4v) is 3.59. The van der Waals surface area contributed by atoms with Gasteiger partial charge in [0.2, 0.25) is 0 Å². The number of nitrogens with zero attached hydrogens (tertiary/aromatic N) is 4. The summed E-state index contributed by atoms with van der Waals surface area (Å²) in [6.45, 7) is 5.44. The molecule has 3 heterocycles. The summed E-state index contributed by atoms with van der Waals surface area (Å²) in [5, 5.41) is 2.85. The molecule has 1 N–H and O–H groups in total. The number of nitrogens with one attached hydrogen (secondary N) is 1. The number of carbonyl (C=O) groups excluding carboxylic acids is 2. The molecule has 0 fully saturated rings. The molecule has 0 unspecified atom stereocenters. The predicted octanol–water partition coefficient (Wildman–Crippen LogP) is 2.73. The molecule has 2 amide bonds. The summed E-state index contributed by atoms with van der Waals surface area (Å²) in [5.41, 5.74) is 2.86. The van der Waals surface area contributed by atoms with Gasteiger partial charge in [-0.1, -0.05) is 23.8 Å². The number of rotatable bonds is 4. The van der Waals surface area contributed by atoms with Crippen molar-refractivity contribution in [2.45, 2.75) is 33.0 Å². The number of hydrogen-bond donors (Lipinski definition) is 1. The van der Waals surface area contributed by atoms with Crippen LogP contribution in [0.3, 0.4) is 0 Å². The Kier molecular flexibility index (Phi) is 5.12. The lowest BCUT2D eigenvalue weighted by Gasteiger charge is -2.33. The van der Waals surface area contributed by atoms with E-state index in [1.807, 2.05) is 65.8 Å². The van der Waals surface area contributed by atoms with Crippen LogP contribution < -0.4 is 5.32 Å². The highest BCUT2D eigenvalue weighted by Gasteiger charge is 2.31. The molecule has 0 spiro atoms. The van der Waals surface area contributed by atoms with Gasteiger partial charge in [-0.15, -0.1) is 0 Å². The number of fused-ring (bicyclic) bond motifs is 1. The van der Waals surface area contributed by atoms with Gasteiger partial charge in [-0.25, -0.2) is 4.98 Å². The van der Waals surface area contributed by atoms with Crippen LogP contribution in [0.2, 0.25) is 0 Å². The summed E-state index contributed by atoms with van der Waals surface area (Å²) < 4.78 is 1.96. The van der Waals surface area contributed by atoms with Crippen molar-refractivity contribution in [3.63, 3.8) is 0 Å². The largest absolute Gasteiger partial charge is 0.345 e. The van der Waals surface area contributed by atoms with Gasteiger partial charge in [0, 0.05) is 31.0 Å². The number of aromatic nitrogens is 3. The average molecular weight is 389 g/mol. The Labute approximate surface area is 169 Å². The predicted molar refractivity (Wildman–Crippen MR) is 108 cm³/mol. The minimum Gasteiger partial charge on any atom is -0.345 e. The van der Waals surface area contributed by atoms with Gasteiger partial charge in [-0.3, -0.25) is 14.6 Å². The first-order valence-corrected chi connectivity index (χ1v) is 9.66. The van der Waals surface area contributed by atoms with Gasteiger partial charge in [-0.2, -0.15) is 0 Å². The average Bonchev–Trinajstić information content (AvgIpc) is 3.18. The minimum absolute atomic E-state index is 0.0170. The summed E-state index contributed by atoms with van der Waals surface area (Å²) in [4.78, 5) is 36.0. The van der Waals surface area contributed by atoms with E-state index in [4.69, 9.17) is 0 Å². The van der Waals surface area contributed by atoms with Gasteiger partial charge >= 0.3 is 0 Å². The molecule has 0 saturated carbocycles. The van der Waals surface area contributed by atoms with E-state index in [1.54, 1.807) is 12.4 Å². The molecular formula is C22H23N5O2. The normalized spacial score (nSPS) is 15.7. The third kappa shape index (κ3) is 3.89. The standard InChI is InChI=1S/C22H23N5O2/c1-15-6-5-7-17(12-15)22(29)27-11-10-26-14-19(25-20(26)16(27)2)21(28)24-13-18-8-3-4-9-23-18/h3-9,12,14,16H,10-11,13H2,1-2H3,(H,24,28)/t16-/m0/s1. The van der Waals surface area contributed by atoms with E-state index in [9.17, 15) is 9.59 Å². The van der Waals surface area contributed by atoms with Crippen LogP contribution in [-0.4, -0.2) is 37.8 Å². The molecule has 0 bridgehead atoms. The van der Waals surface area contributed by atoms with Crippen molar-refractivity contribution in [3.8, 4) is 0 Å². The van der Waals surface area contributed by atoms with Crippen molar-refractivity contribution in [3.05, 3.63) is 83.2 Å². The van der Waals surface area contributed by atoms with E-state index < -0.39 is 0 Å². The topological polar surface area (TPSA) is 80.1 Å². The van der Waals surface area contributed by atoms with Gasteiger partial charge in [0.25, 0.3) is 11.8 Å². The zero-order chi connectivity index (χ0) is 20.4. The van der Waals surface area contributed by atoms with E-state index in [-0.39, 0.29) is 17.9 Å². The number of pyridine rings is 1. The molecule has 7 heteroatoms. The lowest BCUT2D eigenvalue weighted by atomic mass is 10.1. The Morgan fingerprint density at radius 2 is 2.03 bits per heavy atom. The van der Waals surface area contributed by atoms with Crippen molar-refractivity contribution in [1.29, 1.82) is 0 Å². The Morgan fingerprint density at radius 3 is 2.79 bits per heavy atom. The SMILES string of the molecule is Cc1cccc(C(=O)N2CCn3cc(C(=O)NCc4ccccn4)nc3[C@@H]2C)c1. The Bertz CT molecular complexity index is 1040. The van der Waals surface area contributed by atoms with Crippen LogP contribution in [0, 0.1) is 6.92 Å². The second-order valence-corrected chi connectivity index (χ2v) is 7.23. The molecule has 1 aliphatic heterocycles. The van der Waals surface area contributed by atoms with E-state index >= 15 is 0 Å². The number of imidazole rings is 1. The third-order valence-electron chi connectivity index (χ3n) is 5.15. The minimum atomic E-state index is -0.249. The lowest BCUT2D eigenvalue weighted by Crippen LogP contribution is -2.41. The second-order valence-electron chi connectivity index (χ2n) is 7.23. The fourth-order valence-electron chi connectivity index (χ4n) is 3.59. The van der Waals surface area contributed by atoms with Crippen molar-refractivity contribution < 1.29 is 9.59 Å². The van der Waals surface area contributed by atoms with Crippen LogP contribution in [0.4, 0.5) is 0 Å². The fraction of sp³-hybridized carbons (Fsp3) is 0.273. The molecule has 3 aromatic rings. The molecule has 7 nitrogen and oxygen atoms in total. The Morgan fingerprint density at radius 1 is 1.17 bits per heavy atom. The third-order valence-corrected chi connectivity index (χ3v) is 5.15. The van der Waals surface area contributed by atoms with Crippen LogP contribution in [0.5, 0.6) is 0 Å². The van der Waals surface area contributed by atoms with Crippen LogP contribution in [-0.2, 0) is 13.1 Å². The van der Waals surface area contributed by atoms with Gasteiger partial charge in [-0.05, 0) is 38.1 Å². The van der Waals surface area contributed by atoms with Crippen LogP contribution >= 0.6 is 0 Å². The molecule has 1 atom stereocenters. The summed E-state index contributed by atoms with van der Waals surface area (Å²) >= 11 is 0. The molecule has 1 aromatic carbocycles. The Hall–Kier alpha value is -3.48. The maximum absolute atomic E-state index is 13.0. The maximum atomic E-state index is 13.0. The number of carbonyl (C=O) groups is 2. The van der Waals surface area contributed by atoms with Gasteiger partial charge < -0.3 is 14.8 Å². The molecule has 0 radical (unpaired) electrons. The smallest absolute Gasteiger partial charge is 0.271 e. The van der Waals surface area contributed by atoms with Crippen LogP contribution in [0.1, 0.15) is 50.9 Å². The molecule has 29 heavy (non-hydrogen) atoms. The van der Waals surface area contributed by atoms with Crippen LogP contribution in [0.15, 0.2) is 54.9 Å². The molecule has 148 valence electrons. The molecule has 0 saturated heterocycles. The van der Waals surface area contributed by atoms with Crippen LogP contribution in [0.25, 0.3) is 0 Å². The van der Waals surface area contributed by atoms with Gasteiger partial charge in [0.15, 0.2) is 0 Å². The lowest BCUT2D eigenvalue weighted by molar-refractivity contribution is 0.0637. The molecule has 1 aliphatic rings. The summed E-state index contributed by atoms with van der Waals surface area (Å²) in [5.74, 6) is 0.457. The monoisotopic (exact) mass is 389 g/mol. The number of hydrogen-bond acceptors (Lipinski definition) is 4. The first kappa shape index (κ1) is 18.9. The van der Waals surface area contributed by atoms with E-state index in [0.717, 1.165) is 17.1 Å². The van der Waals surface area contributed by atoms with E-state index in [1.165, 1.54) is 0 Å². The van der Waals surface area contributed by atoms with Crippen molar-refractivity contribution in [2.24, 2.45) is 0 Å². The highest BCUT2D eigenvalue weighted by molar-refractivity contribution is 5.95. The van der Waals surface area contributed by atoms with Gasteiger partial charge in [0.05, 0.1) is 18.3 Å². The highest BCUT2D eigenvalue weighted by Crippen LogP contribution is 2.26. The first-order valence-electron chi connectivity index (χ1n) is 9.66. The van der Waals surface area contributed by atoms with Crippen molar-refractivity contribution in [2.75, 3.05) is 6.54 Å². The zero-order valence-electron chi connectivity index (χ0n) is 16.5. The summed E-state index contributed by atoms with van der Waals surface area (Å²) in [7, 11) is 0. The van der Waals surface area contributed by atoms with E-state index in [2.05, 4.69) is 15.3 Å². The summed E-state index contributed by atoms with van der Waals surface area (Å²) in [6.07, 6.45) is 3.45. The zero-order valence-corrected chi connectivity index (χ0v) is 16.5. The van der Waals surface area contributed by atoms with Crippen molar-refractivity contribution in [1.82, 2.24) is 24.8 Å². The Balaban J connectivity index is 1.48. The van der Waals surface area contributed by atoms with E-state index in [0.29, 0.717) is 30.9 Å². The second kappa shape index (κ2) is 7.87.